The van der Waals surface area contributed by atoms with Gasteiger partial charge in [0, 0.05) is 10.8 Å². The molecular formula is C48H28O. The minimum absolute atomic E-state index is 0.915. The Kier molecular flexibility index (Phi) is 5.45. The Hall–Kier alpha value is -6.44. The van der Waals surface area contributed by atoms with Gasteiger partial charge in [-0.25, -0.2) is 0 Å². The zero-order chi connectivity index (χ0) is 32.1. The monoisotopic (exact) mass is 620 g/mol. The van der Waals surface area contributed by atoms with E-state index in [1.807, 2.05) is 0 Å². The Bertz CT molecular complexity index is 3100. The molecule has 49 heavy (non-hydrogen) atoms. The smallest absolute Gasteiger partial charge is 0.136 e. The molecule has 0 bridgehead atoms. The average molecular weight is 621 g/mol. The summed E-state index contributed by atoms with van der Waals surface area (Å²) in [5.74, 6) is 0. The van der Waals surface area contributed by atoms with Crippen LogP contribution >= 0.6 is 0 Å². The predicted molar refractivity (Wildman–Crippen MR) is 210 cm³/mol. The van der Waals surface area contributed by atoms with E-state index in [0.717, 1.165) is 11.2 Å². The minimum Gasteiger partial charge on any atom is -0.456 e. The second-order valence-corrected chi connectivity index (χ2v) is 13.1. The van der Waals surface area contributed by atoms with E-state index in [1.54, 1.807) is 0 Å². The quantitative estimate of drug-likeness (QED) is 0.138. The molecule has 0 aliphatic carbocycles. The molecule has 0 saturated heterocycles. The molecule has 0 N–H and O–H groups in total. The Morgan fingerprint density at radius 1 is 0.265 bits per heavy atom. The molecule has 11 rings (SSSR count). The van der Waals surface area contributed by atoms with E-state index in [9.17, 15) is 0 Å². The number of hydrogen-bond donors (Lipinski definition) is 0. The first-order valence-electron chi connectivity index (χ1n) is 16.9. The molecule has 10 aromatic carbocycles. The second-order valence-electron chi connectivity index (χ2n) is 13.1. The Morgan fingerprint density at radius 2 is 0.714 bits per heavy atom. The van der Waals surface area contributed by atoms with E-state index in [2.05, 4.69) is 170 Å². The lowest BCUT2D eigenvalue weighted by molar-refractivity contribution is 0.669. The molecule has 0 unspecified atom stereocenters. The van der Waals surface area contributed by atoms with Crippen LogP contribution in [-0.4, -0.2) is 0 Å². The summed E-state index contributed by atoms with van der Waals surface area (Å²) in [6, 6.07) is 62.0. The molecule has 0 atom stereocenters. The third-order valence-corrected chi connectivity index (χ3v) is 10.6. The summed E-state index contributed by atoms with van der Waals surface area (Å²) in [6.07, 6.45) is 0. The fourth-order valence-electron chi connectivity index (χ4n) is 8.58. The summed E-state index contributed by atoms with van der Waals surface area (Å²) >= 11 is 0. The van der Waals surface area contributed by atoms with Crippen molar-refractivity contribution in [1.82, 2.24) is 0 Å². The summed E-state index contributed by atoms with van der Waals surface area (Å²) < 4.78 is 6.74. The lowest BCUT2D eigenvalue weighted by atomic mass is 9.83. The fraction of sp³-hybridized carbons (Fsp3) is 0. The van der Waals surface area contributed by atoms with Gasteiger partial charge in [-0.1, -0.05) is 158 Å². The lowest BCUT2D eigenvalue weighted by Gasteiger charge is -2.20. The summed E-state index contributed by atoms with van der Waals surface area (Å²) in [5.41, 5.74) is 6.80. The normalized spacial score (nSPS) is 12.1. The molecule has 1 nitrogen and oxygen atoms in total. The van der Waals surface area contributed by atoms with Gasteiger partial charge < -0.3 is 4.42 Å². The molecule has 0 aliphatic heterocycles. The highest BCUT2D eigenvalue weighted by molar-refractivity contribution is 6.32. The van der Waals surface area contributed by atoms with Gasteiger partial charge in [-0.2, -0.15) is 0 Å². The van der Waals surface area contributed by atoms with Crippen molar-refractivity contribution in [2.45, 2.75) is 0 Å². The number of fused-ring (bicyclic) bond motifs is 12. The average Bonchev–Trinajstić information content (AvgIpc) is 3.56. The van der Waals surface area contributed by atoms with Crippen LogP contribution in [0.5, 0.6) is 0 Å². The molecule has 0 saturated carbocycles. The van der Waals surface area contributed by atoms with Crippen molar-refractivity contribution in [3.8, 4) is 22.3 Å². The molecule has 1 heterocycles. The molecule has 1 heteroatoms. The predicted octanol–water partition coefficient (Wildman–Crippen LogP) is 13.8. The first kappa shape index (κ1) is 26.6. The van der Waals surface area contributed by atoms with E-state index in [1.165, 1.54) is 97.7 Å². The van der Waals surface area contributed by atoms with Crippen molar-refractivity contribution >= 4 is 86.6 Å². The number of furan rings is 1. The van der Waals surface area contributed by atoms with Crippen molar-refractivity contribution in [2.24, 2.45) is 0 Å². The van der Waals surface area contributed by atoms with Crippen LogP contribution in [0.2, 0.25) is 0 Å². The van der Waals surface area contributed by atoms with Crippen LogP contribution in [0, 0.1) is 0 Å². The second kappa shape index (κ2) is 10.0. The molecule has 0 aliphatic rings. The lowest BCUT2D eigenvalue weighted by Crippen LogP contribution is -1.93. The largest absolute Gasteiger partial charge is 0.456 e. The van der Waals surface area contributed by atoms with Crippen molar-refractivity contribution in [3.63, 3.8) is 0 Å². The number of rotatable bonds is 2. The summed E-state index contributed by atoms with van der Waals surface area (Å²) in [5, 5.41) is 17.3. The van der Waals surface area contributed by atoms with Gasteiger partial charge in [0.2, 0.25) is 0 Å². The Balaban J connectivity index is 1.31. The standard InChI is InChI=1S/C48H28O/c1-3-15-32-29(12-1)24-25-31-14-11-23-40(44(31)32)45-36-19-7-9-21-38(36)46(39-22-10-8-20-37(39)45)41-28-43-48(35-18-6-5-17-34(35)41)47-33-16-4-2-13-30(33)26-27-42(47)49-43/h1-28H. The molecule has 0 amide bonds. The van der Waals surface area contributed by atoms with Gasteiger partial charge in [-0.05, 0) is 99.0 Å². The molecule has 226 valence electrons. The van der Waals surface area contributed by atoms with Gasteiger partial charge in [0.15, 0.2) is 0 Å². The van der Waals surface area contributed by atoms with E-state index in [-0.39, 0.29) is 0 Å². The molecule has 0 radical (unpaired) electrons. The van der Waals surface area contributed by atoms with Gasteiger partial charge in [0.25, 0.3) is 0 Å². The number of hydrogen-bond acceptors (Lipinski definition) is 1. The van der Waals surface area contributed by atoms with E-state index in [0.29, 0.717) is 0 Å². The maximum atomic E-state index is 6.74. The minimum atomic E-state index is 0.915. The van der Waals surface area contributed by atoms with Crippen LogP contribution < -0.4 is 0 Å². The maximum absolute atomic E-state index is 6.74. The molecule has 0 spiro atoms. The fourth-order valence-corrected chi connectivity index (χ4v) is 8.58. The van der Waals surface area contributed by atoms with Crippen LogP contribution in [0.3, 0.4) is 0 Å². The molecule has 0 fully saturated rings. The van der Waals surface area contributed by atoms with Crippen LogP contribution in [0.1, 0.15) is 0 Å². The van der Waals surface area contributed by atoms with Gasteiger partial charge in [-0.15, -0.1) is 0 Å². The zero-order valence-corrected chi connectivity index (χ0v) is 26.6. The van der Waals surface area contributed by atoms with E-state index >= 15 is 0 Å². The Morgan fingerprint density at radius 3 is 1.37 bits per heavy atom. The van der Waals surface area contributed by atoms with Gasteiger partial charge in [0.1, 0.15) is 11.2 Å². The van der Waals surface area contributed by atoms with Crippen LogP contribution in [0.25, 0.3) is 109 Å². The topological polar surface area (TPSA) is 13.1 Å². The molecular weight excluding hydrogens is 593 g/mol. The third kappa shape index (κ3) is 3.70. The van der Waals surface area contributed by atoms with E-state index in [4.69, 9.17) is 4.42 Å². The van der Waals surface area contributed by atoms with Crippen molar-refractivity contribution < 1.29 is 4.42 Å². The first-order chi connectivity index (χ1) is 24.3. The summed E-state index contributed by atoms with van der Waals surface area (Å²) in [7, 11) is 0. The highest BCUT2D eigenvalue weighted by atomic mass is 16.3. The van der Waals surface area contributed by atoms with Crippen molar-refractivity contribution in [2.75, 3.05) is 0 Å². The van der Waals surface area contributed by atoms with Gasteiger partial charge in [0.05, 0.1) is 0 Å². The van der Waals surface area contributed by atoms with Crippen molar-refractivity contribution in [3.05, 3.63) is 170 Å². The van der Waals surface area contributed by atoms with Crippen molar-refractivity contribution in [1.29, 1.82) is 0 Å². The van der Waals surface area contributed by atoms with Gasteiger partial charge >= 0.3 is 0 Å². The third-order valence-electron chi connectivity index (χ3n) is 10.6. The van der Waals surface area contributed by atoms with Gasteiger partial charge in [-0.3, -0.25) is 0 Å². The first-order valence-corrected chi connectivity index (χ1v) is 16.9. The van der Waals surface area contributed by atoms with Crippen LogP contribution in [-0.2, 0) is 0 Å². The molecule has 11 aromatic rings. The summed E-state index contributed by atoms with van der Waals surface area (Å²) in [4.78, 5) is 0. The summed E-state index contributed by atoms with van der Waals surface area (Å²) in [6.45, 7) is 0. The van der Waals surface area contributed by atoms with Crippen LogP contribution in [0.4, 0.5) is 0 Å². The molecule has 1 aromatic heterocycles. The highest BCUT2D eigenvalue weighted by Gasteiger charge is 2.22. The van der Waals surface area contributed by atoms with E-state index < -0.39 is 0 Å². The highest BCUT2D eigenvalue weighted by Crippen LogP contribution is 2.49. The SMILES string of the molecule is c1ccc2c(c1)ccc1cccc(-c3c4ccccc4c(-c4cc5oc6ccc7ccccc7c6c5c5ccccc45)c4ccccc34)c12. The number of benzene rings is 10. The zero-order valence-electron chi connectivity index (χ0n) is 26.6. The Labute approximate surface area is 282 Å². The van der Waals surface area contributed by atoms with Crippen LogP contribution in [0.15, 0.2) is 174 Å². The maximum Gasteiger partial charge on any atom is 0.136 e.